The number of fused-ring (bicyclic) bond motifs is 2. The summed E-state index contributed by atoms with van der Waals surface area (Å²) in [5.74, 6) is 2.24. The fourth-order valence-corrected chi connectivity index (χ4v) is 8.42. The molecule has 0 saturated carbocycles. The van der Waals surface area contributed by atoms with E-state index in [9.17, 15) is 0 Å². The predicted octanol–water partition coefficient (Wildman–Crippen LogP) is -7.10. The molecule has 2 atom stereocenters. The Bertz CT molecular complexity index is 760. The monoisotopic (exact) mass is 644 g/mol. The number of halogens is 4. The van der Waals surface area contributed by atoms with E-state index in [0.29, 0.717) is 0 Å². The zero-order chi connectivity index (χ0) is 16.5. The SMILES string of the molecule is CC1=CC2=CC(C)OC2=C1[Si](C)(C)C1=C2OC(C)C=C2C=C1C.[Cl-].[Cl-].[Cl-].[Cl-].[Zr+4].[Zr+4]. The van der Waals surface area contributed by atoms with Crippen molar-refractivity contribution in [3.63, 3.8) is 0 Å². The number of hydrogen-bond donors (Lipinski definition) is 0. The minimum absolute atomic E-state index is 0. The zero-order valence-corrected chi connectivity index (χ0v) is 26.2. The molecule has 2 nitrogen and oxygen atoms in total. The van der Waals surface area contributed by atoms with Crippen LogP contribution in [-0.2, 0) is 61.9 Å². The van der Waals surface area contributed by atoms with Crippen molar-refractivity contribution in [2.24, 2.45) is 0 Å². The molecular weight excluding hydrogens is 625 g/mol. The first-order valence-electron chi connectivity index (χ1n) is 8.43. The summed E-state index contributed by atoms with van der Waals surface area (Å²) in [6.07, 6.45) is 9.39. The van der Waals surface area contributed by atoms with E-state index in [2.05, 4.69) is 65.1 Å². The van der Waals surface area contributed by atoms with E-state index in [1.54, 1.807) is 0 Å². The largest absolute Gasteiger partial charge is 4.00 e. The van der Waals surface area contributed by atoms with Gasteiger partial charge in [-0.2, -0.15) is 0 Å². The summed E-state index contributed by atoms with van der Waals surface area (Å²) in [7, 11) is -1.90. The van der Waals surface area contributed by atoms with Crippen molar-refractivity contribution >= 4 is 8.07 Å². The molecule has 0 aromatic heterocycles. The van der Waals surface area contributed by atoms with Gasteiger partial charge in [-0.1, -0.05) is 13.1 Å². The quantitative estimate of drug-likeness (QED) is 0.278. The van der Waals surface area contributed by atoms with Gasteiger partial charge in [0.2, 0.25) is 0 Å². The average molecular weight is 649 g/mol. The standard InChI is InChI=1S/C20H24O2Si.4ClH.2Zr/c1-11-7-15-9-13(3)21-17(15)19(11)23(5,6)20-12(2)8-16-10-14(4)22-18(16)20;;;;;;/h7-10,13-14H,1-6H3;4*1H;;/q;;;;;2*+4/p-4. The van der Waals surface area contributed by atoms with E-state index in [1.165, 1.54) is 32.7 Å². The van der Waals surface area contributed by atoms with Crippen molar-refractivity contribution in [1.82, 2.24) is 0 Å². The van der Waals surface area contributed by atoms with Crippen molar-refractivity contribution < 1.29 is 112 Å². The minimum atomic E-state index is -1.90. The van der Waals surface area contributed by atoms with E-state index in [1.807, 2.05) is 0 Å². The van der Waals surface area contributed by atoms with Crippen LogP contribution in [0, 0.1) is 0 Å². The molecule has 152 valence electrons. The van der Waals surface area contributed by atoms with Crippen molar-refractivity contribution in [3.05, 3.63) is 68.5 Å². The molecule has 4 rings (SSSR count). The van der Waals surface area contributed by atoms with Gasteiger partial charge in [-0.25, -0.2) is 0 Å². The molecule has 2 unspecified atom stereocenters. The second-order valence-corrected chi connectivity index (χ2v) is 11.8. The van der Waals surface area contributed by atoms with Crippen LogP contribution in [0.25, 0.3) is 0 Å². The third kappa shape index (κ3) is 5.76. The Morgan fingerprint density at radius 1 is 0.690 bits per heavy atom. The van der Waals surface area contributed by atoms with Gasteiger partial charge in [-0.15, -0.1) is 0 Å². The first-order chi connectivity index (χ1) is 10.8. The number of allylic oxidation sites excluding steroid dienone is 6. The Balaban J connectivity index is -0.00000113. The third-order valence-corrected chi connectivity index (χ3v) is 8.94. The average Bonchev–Trinajstić information content (AvgIpc) is 3.06. The summed E-state index contributed by atoms with van der Waals surface area (Å²) < 4.78 is 12.3. The normalized spacial score (nSPS) is 23.0. The van der Waals surface area contributed by atoms with Gasteiger partial charge in [0.05, 0.1) is 0 Å². The van der Waals surface area contributed by atoms with E-state index in [-0.39, 0.29) is 114 Å². The molecule has 0 aromatic carbocycles. The molecule has 0 fully saturated rings. The van der Waals surface area contributed by atoms with Crippen LogP contribution in [0.2, 0.25) is 13.1 Å². The Hall–Kier alpha value is 1.18. The third-order valence-electron chi connectivity index (χ3n) is 5.20. The van der Waals surface area contributed by atoms with Crippen LogP contribution in [0.1, 0.15) is 27.7 Å². The van der Waals surface area contributed by atoms with Crippen LogP contribution in [0.3, 0.4) is 0 Å². The van der Waals surface area contributed by atoms with Crippen molar-refractivity contribution in [2.45, 2.75) is 53.0 Å². The number of rotatable bonds is 2. The maximum atomic E-state index is 6.15. The molecule has 0 aromatic rings. The van der Waals surface area contributed by atoms with Crippen LogP contribution in [-0.4, -0.2) is 20.3 Å². The van der Waals surface area contributed by atoms with Gasteiger partial charge in [0.15, 0.2) is 0 Å². The number of hydrogen-bond acceptors (Lipinski definition) is 2. The summed E-state index contributed by atoms with van der Waals surface area (Å²) >= 11 is 0. The molecular formula is C20H24Cl4O2SiZr2+4. The maximum Gasteiger partial charge on any atom is 4.00 e. The van der Waals surface area contributed by atoms with Gasteiger partial charge in [0.1, 0.15) is 31.8 Å². The molecule has 0 bridgehead atoms. The van der Waals surface area contributed by atoms with Crippen LogP contribution < -0.4 is 49.6 Å². The molecule has 4 aliphatic rings. The molecule has 0 radical (unpaired) electrons. The van der Waals surface area contributed by atoms with Gasteiger partial charge in [0.25, 0.3) is 0 Å². The van der Waals surface area contributed by atoms with E-state index in [4.69, 9.17) is 9.47 Å². The second kappa shape index (κ2) is 12.4. The zero-order valence-electron chi connectivity index (χ0n) is 17.3. The topological polar surface area (TPSA) is 18.5 Å². The molecule has 0 amide bonds. The summed E-state index contributed by atoms with van der Waals surface area (Å²) in [4.78, 5) is 0. The molecule has 0 N–H and O–H groups in total. The second-order valence-electron chi connectivity index (χ2n) is 7.58. The minimum Gasteiger partial charge on any atom is -1.00 e. The molecule has 9 heteroatoms. The fraction of sp³-hybridized carbons (Fsp3) is 0.400. The van der Waals surface area contributed by atoms with Crippen molar-refractivity contribution in [3.8, 4) is 0 Å². The van der Waals surface area contributed by atoms with Gasteiger partial charge in [-0.05, 0) is 73.5 Å². The van der Waals surface area contributed by atoms with Crippen LogP contribution in [0.15, 0.2) is 68.5 Å². The Morgan fingerprint density at radius 2 is 1.00 bits per heavy atom. The molecule has 29 heavy (non-hydrogen) atoms. The molecule has 2 aliphatic heterocycles. The molecule has 0 spiro atoms. The molecule has 2 heterocycles. The van der Waals surface area contributed by atoms with E-state index in [0.717, 1.165) is 11.5 Å². The first kappa shape index (κ1) is 34.8. The summed E-state index contributed by atoms with van der Waals surface area (Å²) in [5, 5.41) is 2.88. The van der Waals surface area contributed by atoms with Crippen LogP contribution in [0.4, 0.5) is 0 Å². The molecule has 0 saturated heterocycles. The van der Waals surface area contributed by atoms with Gasteiger partial charge in [-0.3, -0.25) is 0 Å². The summed E-state index contributed by atoms with van der Waals surface area (Å²) in [6, 6.07) is 0. The van der Waals surface area contributed by atoms with Gasteiger partial charge < -0.3 is 59.1 Å². The van der Waals surface area contributed by atoms with Crippen LogP contribution in [0.5, 0.6) is 0 Å². The summed E-state index contributed by atoms with van der Waals surface area (Å²) in [6.45, 7) is 13.5. The fourth-order valence-electron chi connectivity index (χ4n) is 4.51. The number of ether oxygens (including phenoxy) is 2. The van der Waals surface area contributed by atoms with Gasteiger partial charge >= 0.3 is 52.4 Å². The predicted molar refractivity (Wildman–Crippen MR) is 96.3 cm³/mol. The van der Waals surface area contributed by atoms with Crippen LogP contribution >= 0.6 is 0 Å². The van der Waals surface area contributed by atoms with Crippen molar-refractivity contribution in [2.75, 3.05) is 0 Å². The Labute approximate surface area is 238 Å². The Morgan fingerprint density at radius 3 is 1.31 bits per heavy atom. The molecule has 2 aliphatic carbocycles. The van der Waals surface area contributed by atoms with Gasteiger partial charge in [0, 0.05) is 11.1 Å². The first-order valence-corrected chi connectivity index (χ1v) is 11.4. The summed E-state index contributed by atoms with van der Waals surface area (Å²) in [5.41, 5.74) is 5.26. The smallest absolute Gasteiger partial charge is 1.00 e. The maximum absolute atomic E-state index is 6.15. The van der Waals surface area contributed by atoms with Crippen molar-refractivity contribution in [1.29, 1.82) is 0 Å². The Kier molecular flexibility index (Phi) is 14.9. The van der Waals surface area contributed by atoms with E-state index < -0.39 is 8.07 Å². The van der Waals surface area contributed by atoms with E-state index >= 15 is 0 Å².